The third-order valence-corrected chi connectivity index (χ3v) is 6.03. The minimum absolute atomic E-state index is 0.258. The van der Waals surface area contributed by atoms with Crippen molar-refractivity contribution >= 4 is 21.6 Å². The summed E-state index contributed by atoms with van der Waals surface area (Å²) in [6.45, 7) is 10.3. The Labute approximate surface area is 159 Å². The first kappa shape index (κ1) is 22.5. The van der Waals surface area contributed by atoms with Crippen LogP contribution in [0.3, 0.4) is 0 Å². The third kappa shape index (κ3) is 6.31. The van der Waals surface area contributed by atoms with Gasteiger partial charge in [-0.25, -0.2) is 8.42 Å². The number of carbonyl (C=O) groups is 1. The van der Waals surface area contributed by atoms with Crippen LogP contribution in [0, 0.1) is 19.8 Å². The average molecular weight is 383 g/mol. The number of hydrogen-bond donors (Lipinski definition) is 1. The Morgan fingerprint density at radius 3 is 2.42 bits per heavy atom. The molecular weight excluding hydrogens is 348 g/mol. The number of nitrogens with zero attached hydrogens (tertiary/aromatic N) is 1. The molecule has 0 saturated carbocycles. The fourth-order valence-corrected chi connectivity index (χ4v) is 4.30. The van der Waals surface area contributed by atoms with Crippen LogP contribution in [0.5, 0.6) is 0 Å². The molecule has 0 spiro atoms. The summed E-state index contributed by atoms with van der Waals surface area (Å²) >= 11 is 0. The van der Waals surface area contributed by atoms with Crippen LogP contribution >= 0.6 is 0 Å². The molecule has 1 aromatic rings. The highest BCUT2D eigenvalue weighted by Crippen LogP contribution is 2.26. The smallest absolute Gasteiger partial charge is 0.243 e. The molecule has 0 aliphatic carbocycles. The van der Waals surface area contributed by atoms with E-state index in [1.807, 2.05) is 32.0 Å². The summed E-state index contributed by atoms with van der Waals surface area (Å²) in [5.41, 5.74) is 2.35. The Kier molecular flexibility index (Phi) is 8.60. The molecule has 0 fully saturated rings. The zero-order valence-corrected chi connectivity index (χ0v) is 17.8. The number of amides is 1. The maximum Gasteiger partial charge on any atom is 0.243 e. The Morgan fingerprint density at radius 1 is 1.23 bits per heavy atom. The predicted molar refractivity (Wildman–Crippen MR) is 109 cm³/mol. The number of carbonyl (C=O) groups excluding carboxylic acids is 1. The van der Waals surface area contributed by atoms with E-state index in [0.717, 1.165) is 43.1 Å². The quantitative estimate of drug-likeness (QED) is 0.669. The Bertz CT molecular complexity index is 701. The molecule has 0 saturated heterocycles. The van der Waals surface area contributed by atoms with Gasteiger partial charge in [0.15, 0.2) is 0 Å². The molecule has 0 heterocycles. The summed E-state index contributed by atoms with van der Waals surface area (Å²) in [4.78, 5) is 12.7. The van der Waals surface area contributed by atoms with Crippen molar-refractivity contribution in [3.05, 3.63) is 29.3 Å². The molecule has 0 aliphatic rings. The van der Waals surface area contributed by atoms with Gasteiger partial charge in [0.2, 0.25) is 15.9 Å². The van der Waals surface area contributed by atoms with E-state index in [9.17, 15) is 13.2 Å². The number of unbranched alkanes of at least 4 members (excludes halogenated alkanes) is 1. The van der Waals surface area contributed by atoms with E-state index in [-0.39, 0.29) is 5.91 Å². The predicted octanol–water partition coefficient (Wildman–Crippen LogP) is 3.79. The molecule has 0 aliphatic heterocycles. The highest BCUT2D eigenvalue weighted by molar-refractivity contribution is 7.92. The van der Waals surface area contributed by atoms with E-state index in [2.05, 4.69) is 19.2 Å². The maximum atomic E-state index is 12.7. The topological polar surface area (TPSA) is 66.5 Å². The first-order chi connectivity index (χ1) is 12.1. The molecule has 1 rings (SSSR count). The van der Waals surface area contributed by atoms with E-state index in [0.29, 0.717) is 18.2 Å². The monoisotopic (exact) mass is 382 g/mol. The Morgan fingerprint density at radius 2 is 1.88 bits per heavy atom. The molecule has 1 aromatic carbocycles. The second kappa shape index (κ2) is 9.95. The molecule has 0 bridgehead atoms. The zero-order valence-electron chi connectivity index (χ0n) is 17.0. The van der Waals surface area contributed by atoms with Gasteiger partial charge in [-0.1, -0.05) is 45.2 Å². The highest BCUT2D eigenvalue weighted by Gasteiger charge is 2.30. The second-order valence-corrected chi connectivity index (χ2v) is 9.05. The van der Waals surface area contributed by atoms with Crippen LogP contribution in [0.2, 0.25) is 0 Å². The third-order valence-electron chi connectivity index (χ3n) is 4.80. The number of rotatable bonds is 10. The van der Waals surface area contributed by atoms with Gasteiger partial charge in [-0.15, -0.1) is 0 Å². The largest absolute Gasteiger partial charge is 0.354 e. The van der Waals surface area contributed by atoms with Crippen molar-refractivity contribution in [2.45, 2.75) is 66.3 Å². The van der Waals surface area contributed by atoms with Gasteiger partial charge < -0.3 is 5.32 Å². The summed E-state index contributed by atoms with van der Waals surface area (Å²) in [5.74, 6) is 0.171. The van der Waals surface area contributed by atoms with Crippen molar-refractivity contribution in [3.8, 4) is 0 Å². The van der Waals surface area contributed by atoms with Gasteiger partial charge in [0.05, 0.1) is 11.9 Å². The van der Waals surface area contributed by atoms with Crippen LogP contribution in [0.25, 0.3) is 0 Å². The van der Waals surface area contributed by atoms with E-state index in [4.69, 9.17) is 0 Å². The lowest BCUT2D eigenvalue weighted by atomic mass is 9.99. The van der Waals surface area contributed by atoms with Crippen LogP contribution in [0.1, 0.15) is 57.6 Å². The van der Waals surface area contributed by atoms with Crippen molar-refractivity contribution in [2.75, 3.05) is 17.1 Å². The normalized spacial score (nSPS) is 13.9. The minimum Gasteiger partial charge on any atom is -0.354 e. The molecule has 0 unspecified atom stereocenters. The number of aryl methyl sites for hydroxylation is 2. The van der Waals surface area contributed by atoms with Crippen molar-refractivity contribution in [2.24, 2.45) is 5.92 Å². The molecule has 0 aromatic heterocycles. The minimum atomic E-state index is -3.59. The van der Waals surface area contributed by atoms with Crippen LogP contribution in [-0.4, -0.2) is 33.2 Å². The highest BCUT2D eigenvalue weighted by atomic mass is 32.2. The second-order valence-electron chi connectivity index (χ2n) is 7.19. The molecule has 2 atom stereocenters. The number of anilines is 1. The molecule has 1 amide bonds. The molecule has 148 valence electrons. The lowest BCUT2D eigenvalue weighted by Crippen LogP contribution is -2.49. The van der Waals surface area contributed by atoms with Gasteiger partial charge in [-0.05, 0) is 50.3 Å². The molecule has 1 N–H and O–H groups in total. The van der Waals surface area contributed by atoms with Crippen molar-refractivity contribution in [1.29, 1.82) is 0 Å². The van der Waals surface area contributed by atoms with Gasteiger partial charge in [0.25, 0.3) is 0 Å². The van der Waals surface area contributed by atoms with Gasteiger partial charge >= 0.3 is 0 Å². The van der Waals surface area contributed by atoms with E-state index in [1.54, 1.807) is 6.92 Å². The van der Waals surface area contributed by atoms with Crippen molar-refractivity contribution in [1.82, 2.24) is 5.32 Å². The average Bonchev–Trinajstić information content (AvgIpc) is 2.56. The van der Waals surface area contributed by atoms with Crippen LogP contribution in [0.15, 0.2) is 18.2 Å². The molecule has 0 radical (unpaired) electrons. The van der Waals surface area contributed by atoms with Crippen LogP contribution in [-0.2, 0) is 14.8 Å². The lowest BCUT2D eigenvalue weighted by Gasteiger charge is -2.30. The zero-order chi connectivity index (χ0) is 19.9. The summed E-state index contributed by atoms with van der Waals surface area (Å²) in [6.07, 6.45) is 5.50. The summed E-state index contributed by atoms with van der Waals surface area (Å²) in [7, 11) is -3.59. The van der Waals surface area contributed by atoms with Crippen LogP contribution in [0.4, 0.5) is 5.69 Å². The first-order valence-electron chi connectivity index (χ1n) is 9.46. The summed E-state index contributed by atoms with van der Waals surface area (Å²) in [6, 6.07) is 4.83. The molecule has 26 heavy (non-hydrogen) atoms. The molecule has 5 nitrogen and oxygen atoms in total. The fourth-order valence-electron chi connectivity index (χ4n) is 3.07. The number of sulfonamides is 1. The Balaban J connectivity index is 2.98. The van der Waals surface area contributed by atoms with E-state index >= 15 is 0 Å². The van der Waals surface area contributed by atoms with Gasteiger partial charge in [-0.2, -0.15) is 0 Å². The lowest BCUT2D eigenvalue weighted by molar-refractivity contribution is -0.122. The SMILES string of the molecule is CCCC[C@H](CC)CNC(=O)[C@@H](C)N(c1cc(C)ccc1C)S(C)(=O)=O. The fraction of sp³-hybridized carbons (Fsp3) is 0.650. The van der Waals surface area contributed by atoms with Gasteiger partial charge in [0.1, 0.15) is 6.04 Å². The molecular formula is C20H34N2O3S. The molecule has 6 heteroatoms. The summed E-state index contributed by atoms with van der Waals surface area (Å²) in [5, 5.41) is 2.95. The first-order valence-corrected chi connectivity index (χ1v) is 11.3. The number of nitrogens with one attached hydrogen (secondary N) is 1. The maximum absolute atomic E-state index is 12.7. The standard InChI is InChI=1S/C20H34N2O3S/c1-7-9-10-18(8-2)14-21-20(23)17(5)22(26(6,24)25)19-13-15(3)11-12-16(19)4/h11-13,17-18H,7-10,14H2,1-6H3,(H,21,23)/t17-,18+/m1/s1. The Hall–Kier alpha value is -1.56. The van der Waals surface area contributed by atoms with Crippen LogP contribution < -0.4 is 9.62 Å². The van der Waals surface area contributed by atoms with Gasteiger partial charge in [-0.3, -0.25) is 9.10 Å². The summed E-state index contributed by atoms with van der Waals surface area (Å²) < 4.78 is 26.1. The van der Waals surface area contributed by atoms with Crippen molar-refractivity contribution in [3.63, 3.8) is 0 Å². The van der Waals surface area contributed by atoms with E-state index in [1.165, 1.54) is 4.31 Å². The number of benzene rings is 1. The van der Waals surface area contributed by atoms with Crippen molar-refractivity contribution < 1.29 is 13.2 Å². The van der Waals surface area contributed by atoms with Gasteiger partial charge in [0, 0.05) is 6.54 Å². The number of hydrogen-bond acceptors (Lipinski definition) is 3. The van der Waals surface area contributed by atoms with E-state index < -0.39 is 16.1 Å².